The maximum absolute atomic E-state index is 12.3. The van der Waals surface area contributed by atoms with E-state index < -0.39 is 0 Å². The Bertz CT molecular complexity index is 1080. The molecular weight excluding hydrogens is 338 g/mol. The highest BCUT2D eigenvalue weighted by molar-refractivity contribution is 5.98. The Morgan fingerprint density at radius 3 is 2.88 bits per heavy atom. The predicted octanol–water partition coefficient (Wildman–Crippen LogP) is 2.45. The van der Waals surface area contributed by atoms with E-state index in [1.165, 1.54) is 0 Å². The van der Waals surface area contributed by atoms with Crippen LogP contribution in [0.25, 0.3) is 22.4 Å². The lowest BCUT2D eigenvalue weighted by atomic mass is 10.2. The number of ether oxygens (including phenoxy) is 1. The van der Waals surface area contributed by atoms with Crippen molar-refractivity contribution in [1.29, 1.82) is 0 Å². The number of benzene rings is 1. The molecule has 4 aromatic rings. The van der Waals surface area contributed by atoms with Crippen molar-refractivity contribution in [3.8, 4) is 17.3 Å². The van der Waals surface area contributed by atoms with E-state index in [2.05, 4.69) is 25.6 Å². The van der Waals surface area contributed by atoms with Crippen LogP contribution in [0, 0.1) is 6.92 Å². The molecule has 0 atom stereocenters. The van der Waals surface area contributed by atoms with E-state index in [0.717, 1.165) is 10.9 Å². The Labute approximate surface area is 147 Å². The van der Waals surface area contributed by atoms with Gasteiger partial charge in [-0.2, -0.15) is 4.98 Å². The molecule has 4 rings (SSSR count). The molecule has 0 saturated heterocycles. The maximum atomic E-state index is 12.3. The molecule has 26 heavy (non-hydrogen) atoms. The quantitative estimate of drug-likeness (QED) is 0.565. The largest absolute Gasteiger partial charge is 0.497 e. The summed E-state index contributed by atoms with van der Waals surface area (Å²) < 4.78 is 15.3. The zero-order valence-electron chi connectivity index (χ0n) is 14.1. The van der Waals surface area contributed by atoms with Gasteiger partial charge in [-0.15, -0.1) is 0 Å². The van der Waals surface area contributed by atoms with Gasteiger partial charge in [-0.1, -0.05) is 10.3 Å². The number of rotatable bonds is 5. The molecule has 0 radical (unpaired) electrons. The number of hydrogen-bond acceptors (Lipinski definition) is 7. The van der Waals surface area contributed by atoms with Gasteiger partial charge >= 0.3 is 0 Å². The van der Waals surface area contributed by atoms with Gasteiger partial charge in [0.05, 0.1) is 13.7 Å². The molecule has 132 valence electrons. The van der Waals surface area contributed by atoms with Crippen molar-refractivity contribution >= 4 is 16.8 Å². The van der Waals surface area contributed by atoms with Crippen LogP contribution in [0.3, 0.4) is 0 Å². The molecule has 9 heteroatoms. The minimum absolute atomic E-state index is 0.0986. The molecule has 0 aliphatic carbocycles. The normalized spacial score (nSPS) is 11.0. The molecule has 2 N–H and O–H groups in total. The third-order valence-electron chi connectivity index (χ3n) is 3.80. The number of aryl methyl sites for hydroxylation is 1. The molecule has 3 heterocycles. The van der Waals surface area contributed by atoms with E-state index in [9.17, 15) is 4.79 Å². The number of carbonyl (C=O) groups is 1. The number of aromatic nitrogens is 4. The van der Waals surface area contributed by atoms with Gasteiger partial charge in [-0.05, 0) is 25.1 Å². The highest BCUT2D eigenvalue weighted by atomic mass is 16.5. The summed E-state index contributed by atoms with van der Waals surface area (Å²) in [6.07, 6.45) is 0. The average molecular weight is 353 g/mol. The Morgan fingerprint density at radius 1 is 1.23 bits per heavy atom. The fourth-order valence-electron chi connectivity index (χ4n) is 2.51. The second kappa shape index (κ2) is 6.36. The van der Waals surface area contributed by atoms with Crippen molar-refractivity contribution in [2.75, 3.05) is 7.11 Å². The van der Waals surface area contributed by atoms with Crippen molar-refractivity contribution in [3.63, 3.8) is 0 Å². The fourth-order valence-corrected chi connectivity index (χ4v) is 2.51. The van der Waals surface area contributed by atoms with Crippen LogP contribution in [0.2, 0.25) is 0 Å². The van der Waals surface area contributed by atoms with E-state index in [4.69, 9.17) is 13.8 Å². The van der Waals surface area contributed by atoms with Crippen LogP contribution in [-0.4, -0.2) is 33.3 Å². The standard InChI is InChI=1S/C17H15N5O4/c1-9-5-13(21-25-9)16-20-15(26-22-16)8-18-17(23)14-6-10-3-4-11(24-2)7-12(10)19-14/h3-7,19H,8H2,1-2H3,(H,18,23). The number of methoxy groups -OCH3 is 1. The highest BCUT2D eigenvalue weighted by Gasteiger charge is 2.15. The zero-order chi connectivity index (χ0) is 18.1. The fraction of sp³-hybridized carbons (Fsp3) is 0.176. The van der Waals surface area contributed by atoms with Crippen LogP contribution in [-0.2, 0) is 6.54 Å². The summed E-state index contributed by atoms with van der Waals surface area (Å²) >= 11 is 0. The molecule has 0 spiro atoms. The van der Waals surface area contributed by atoms with Crippen LogP contribution in [0.1, 0.15) is 22.1 Å². The summed E-state index contributed by atoms with van der Waals surface area (Å²) in [4.78, 5) is 19.6. The van der Waals surface area contributed by atoms with Crippen LogP contribution in [0.15, 0.2) is 39.4 Å². The van der Waals surface area contributed by atoms with E-state index in [1.807, 2.05) is 18.2 Å². The SMILES string of the molecule is COc1ccc2cc(C(=O)NCc3nc(-c4cc(C)on4)no3)[nH]c2c1. The third-order valence-corrected chi connectivity index (χ3v) is 3.80. The van der Waals surface area contributed by atoms with Gasteiger partial charge in [0.1, 0.15) is 17.2 Å². The van der Waals surface area contributed by atoms with Gasteiger partial charge in [0.25, 0.3) is 5.91 Å². The summed E-state index contributed by atoms with van der Waals surface area (Å²) in [5, 5.41) is 11.3. The number of amides is 1. The number of H-pyrrole nitrogens is 1. The molecular formula is C17H15N5O4. The lowest BCUT2D eigenvalue weighted by molar-refractivity contribution is 0.0942. The average Bonchev–Trinajstić information content (AvgIpc) is 3.37. The van der Waals surface area contributed by atoms with Crippen LogP contribution >= 0.6 is 0 Å². The van der Waals surface area contributed by atoms with Crippen LogP contribution in [0.5, 0.6) is 5.75 Å². The first kappa shape index (κ1) is 15.9. The minimum atomic E-state index is -0.280. The van der Waals surface area contributed by atoms with Crippen molar-refractivity contribution in [2.45, 2.75) is 13.5 Å². The molecule has 0 aliphatic heterocycles. The minimum Gasteiger partial charge on any atom is -0.497 e. The van der Waals surface area contributed by atoms with Gasteiger partial charge in [-0.25, -0.2) is 0 Å². The molecule has 1 amide bonds. The lowest BCUT2D eigenvalue weighted by Crippen LogP contribution is -2.23. The number of fused-ring (bicyclic) bond motifs is 1. The van der Waals surface area contributed by atoms with Crippen LogP contribution in [0.4, 0.5) is 0 Å². The Hall–Kier alpha value is -3.62. The van der Waals surface area contributed by atoms with Crippen molar-refractivity contribution < 1.29 is 18.6 Å². The van der Waals surface area contributed by atoms with Crippen LogP contribution < -0.4 is 10.1 Å². The first-order valence-corrected chi connectivity index (χ1v) is 7.83. The predicted molar refractivity (Wildman–Crippen MR) is 90.6 cm³/mol. The number of carbonyl (C=O) groups excluding carboxylic acids is 1. The number of hydrogen-bond donors (Lipinski definition) is 2. The van der Waals surface area contributed by atoms with Crippen molar-refractivity contribution in [3.05, 3.63) is 47.7 Å². The summed E-state index contributed by atoms with van der Waals surface area (Å²) in [6, 6.07) is 9.01. The summed E-state index contributed by atoms with van der Waals surface area (Å²) in [6.45, 7) is 1.87. The zero-order valence-corrected chi connectivity index (χ0v) is 14.1. The Morgan fingerprint density at radius 2 is 2.12 bits per heavy atom. The van der Waals surface area contributed by atoms with Crippen molar-refractivity contribution in [2.24, 2.45) is 0 Å². The van der Waals surface area contributed by atoms with Crippen molar-refractivity contribution in [1.82, 2.24) is 25.6 Å². The Kier molecular flexibility index (Phi) is 3.88. The van der Waals surface area contributed by atoms with Gasteiger partial charge < -0.3 is 24.1 Å². The first-order chi connectivity index (χ1) is 12.6. The molecule has 0 fully saturated rings. The van der Waals surface area contributed by atoms with E-state index >= 15 is 0 Å². The maximum Gasteiger partial charge on any atom is 0.268 e. The monoisotopic (exact) mass is 353 g/mol. The summed E-state index contributed by atoms with van der Waals surface area (Å²) in [5.74, 6) is 1.66. The number of nitrogens with zero attached hydrogens (tertiary/aromatic N) is 3. The molecule has 0 saturated carbocycles. The molecule has 0 unspecified atom stereocenters. The van der Waals surface area contributed by atoms with Gasteiger partial charge in [0.15, 0.2) is 5.69 Å². The number of nitrogens with one attached hydrogen (secondary N) is 2. The number of aromatic amines is 1. The topological polar surface area (TPSA) is 119 Å². The Balaban J connectivity index is 1.44. The third kappa shape index (κ3) is 3.02. The van der Waals surface area contributed by atoms with E-state index in [-0.39, 0.29) is 18.3 Å². The first-order valence-electron chi connectivity index (χ1n) is 7.83. The summed E-state index contributed by atoms with van der Waals surface area (Å²) in [7, 11) is 1.59. The smallest absolute Gasteiger partial charge is 0.268 e. The molecule has 3 aromatic heterocycles. The van der Waals surface area contributed by atoms with E-state index in [1.54, 1.807) is 26.2 Å². The highest BCUT2D eigenvalue weighted by Crippen LogP contribution is 2.21. The van der Waals surface area contributed by atoms with Gasteiger partial charge in [-0.3, -0.25) is 4.79 Å². The molecule has 9 nitrogen and oxygen atoms in total. The molecule has 1 aromatic carbocycles. The molecule has 0 aliphatic rings. The summed E-state index contributed by atoms with van der Waals surface area (Å²) in [5.41, 5.74) is 1.73. The second-order valence-corrected chi connectivity index (χ2v) is 5.65. The molecule has 0 bridgehead atoms. The van der Waals surface area contributed by atoms with Gasteiger partial charge in [0.2, 0.25) is 11.7 Å². The van der Waals surface area contributed by atoms with E-state index in [0.29, 0.717) is 28.7 Å². The second-order valence-electron chi connectivity index (χ2n) is 5.65. The lowest BCUT2D eigenvalue weighted by Gasteiger charge is -1.99. The van der Waals surface area contributed by atoms with Gasteiger partial charge in [0, 0.05) is 23.0 Å².